The quantitative estimate of drug-likeness (QED) is 0.315. The number of halogens is 1. The van der Waals surface area contributed by atoms with Crippen molar-refractivity contribution >= 4 is 27.6 Å². The van der Waals surface area contributed by atoms with Crippen LogP contribution in [0.1, 0.15) is 30.4 Å². The van der Waals surface area contributed by atoms with Gasteiger partial charge in [-0.2, -0.15) is 0 Å². The second kappa shape index (κ2) is 9.70. The lowest BCUT2D eigenvalue weighted by Crippen LogP contribution is -2.29. The number of benzene rings is 2. The van der Waals surface area contributed by atoms with Gasteiger partial charge in [0.25, 0.3) is 0 Å². The molecule has 36 heavy (non-hydrogen) atoms. The van der Waals surface area contributed by atoms with E-state index in [-0.39, 0.29) is 5.82 Å². The van der Waals surface area contributed by atoms with Gasteiger partial charge in [-0.3, -0.25) is 4.98 Å². The monoisotopic (exact) mass is 479 g/mol. The molecule has 5 nitrogen and oxygen atoms in total. The Hall–Kier alpha value is -3.77. The van der Waals surface area contributed by atoms with Crippen LogP contribution in [0.3, 0.4) is 0 Å². The Morgan fingerprint density at radius 3 is 2.53 bits per heavy atom. The molecule has 6 rings (SSSR count). The fourth-order valence-corrected chi connectivity index (χ4v) is 5.34. The molecule has 0 unspecified atom stereocenters. The summed E-state index contributed by atoms with van der Waals surface area (Å²) in [7, 11) is 1.99. The fraction of sp³-hybridized carbons (Fsp3) is 0.267. The molecule has 182 valence electrons. The molecule has 0 saturated carbocycles. The lowest BCUT2D eigenvalue weighted by molar-refractivity contribution is 0.578. The first kappa shape index (κ1) is 22.7. The molecule has 0 spiro atoms. The zero-order valence-corrected chi connectivity index (χ0v) is 20.5. The molecule has 5 aromatic rings. The number of aryl methyl sites for hydroxylation is 1. The van der Waals surface area contributed by atoms with E-state index in [1.54, 1.807) is 12.3 Å². The molecule has 0 bridgehead atoms. The maximum absolute atomic E-state index is 15.4. The van der Waals surface area contributed by atoms with Crippen molar-refractivity contribution in [1.82, 2.24) is 19.9 Å². The van der Waals surface area contributed by atoms with Gasteiger partial charge in [0, 0.05) is 73.8 Å². The van der Waals surface area contributed by atoms with E-state index in [2.05, 4.69) is 57.8 Å². The number of nitrogens with zero attached hydrogens (tertiary/aromatic N) is 4. The number of hydrogen-bond acceptors (Lipinski definition) is 4. The third-order valence-corrected chi connectivity index (χ3v) is 7.15. The predicted molar refractivity (Wildman–Crippen MR) is 144 cm³/mol. The first-order chi connectivity index (χ1) is 17.7. The topological polar surface area (TPSA) is 46.0 Å². The van der Waals surface area contributed by atoms with Crippen molar-refractivity contribution in [3.05, 3.63) is 90.1 Å². The average molecular weight is 480 g/mol. The summed E-state index contributed by atoms with van der Waals surface area (Å²) < 4.78 is 17.4. The summed E-state index contributed by atoms with van der Waals surface area (Å²) >= 11 is 0. The molecule has 3 aromatic heterocycles. The van der Waals surface area contributed by atoms with Gasteiger partial charge in [0.15, 0.2) is 0 Å². The van der Waals surface area contributed by atoms with Crippen molar-refractivity contribution in [3.8, 4) is 11.1 Å². The first-order valence-electron chi connectivity index (χ1n) is 12.7. The fourth-order valence-electron chi connectivity index (χ4n) is 5.34. The van der Waals surface area contributed by atoms with E-state index in [0.717, 1.165) is 58.4 Å². The highest BCUT2D eigenvalue weighted by molar-refractivity contribution is 6.00. The number of piperidine rings is 1. The highest BCUT2D eigenvalue weighted by Gasteiger charge is 2.18. The summed E-state index contributed by atoms with van der Waals surface area (Å²) in [6, 6.07) is 18.3. The molecule has 0 atom stereocenters. The van der Waals surface area contributed by atoms with Crippen LogP contribution < -0.4 is 10.2 Å². The highest BCUT2D eigenvalue weighted by Crippen LogP contribution is 2.36. The molecule has 0 aliphatic carbocycles. The van der Waals surface area contributed by atoms with Gasteiger partial charge in [0.05, 0.1) is 0 Å². The normalized spacial score (nSPS) is 14.1. The lowest BCUT2D eigenvalue weighted by Gasteiger charge is -2.29. The van der Waals surface area contributed by atoms with Gasteiger partial charge in [0.1, 0.15) is 17.0 Å². The van der Waals surface area contributed by atoms with Crippen LogP contribution in [-0.2, 0) is 20.1 Å². The number of fused-ring (bicyclic) bond motifs is 2. The van der Waals surface area contributed by atoms with Crippen molar-refractivity contribution in [1.29, 1.82) is 0 Å². The SMILES string of the molecule is Cn1cc(-c2cc(F)c3nccc(N4CCCCC4)c3c2)c2cc(CNCc3ccccc3)cnc21. The third-order valence-electron chi connectivity index (χ3n) is 7.15. The molecule has 6 heteroatoms. The van der Waals surface area contributed by atoms with E-state index in [9.17, 15) is 0 Å². The minimum absolute atomic E-state index is 0.285. The molecule has 1 fully saturated rings. The van der Waals surface area contributed by atoms with Crippen molar-refractivity contribution in [3.63, 3.8) is 0 Å². The summed E-state index contributed by atoms with van der Waals surface area (Å²) in [4.78, 5) is 11.5. The second-order valence-electron chi connectivity index (χ2n) is 9.69. The van der Waals surface area contributed by atoms with Crippen LogP contribution in [0.4, 0.5) is 10.1 Å². The minimum Gasteiger partial charge on any atom is -0.371 e. The molecule has 0 amide bonds. The molecule has 2 aromatic carbocycles. The zero-order chi connectivity index (χ0) is 24.5. The van der Waals surface area contributed by atoms with Crippen LogP contribution in [0, 0.1) is 5.82 Å². The summed E-state index contributed by atoms with van der Waals surface area (Å²) in [6.45, 7) is 3.51. The molecule has 1 aliphatic heterocycles. The van der Waals surface area contributed by atoms with Crippen LogP contribution in [0.15, 0.2) is 73.2 Å². The van der Waals surface area contributed by atoms with Crippen molar-refractivity contribution in [2.45, 2.75) is 32.4 Å². The molecular weight excluding hydrogens is 449 g/mol. The number of rotatable bonds is 6. The van der Waals surface area contributed by atoms with Gasteiger partial charge in [0.2, 0.25) is 0 Å². The highest BCUT2D eigenvalue weighted by atomic mass is 19.1. The smallest absolute Gasteiger partial charge is 0.150 e. The molecule has 1 saturated heterocycles. The number of anilines is 1. The Morgan fingerprint density at radius 1 is 0.889 bits per heavy atom. The predicted octanol–water partition coefficient (Wildman–Crippen LogP) is 6.21. The number of nitrogens with one attached hydrogen (secondary N) is 1. The van der Waals surface area contributed by atoms with Crippen LogP contribution in [-0.4, -0.2) is 27.6 Å². The average Bonchev–Trinajstić information content (AvgIpc) is 3.25. The maximum atomic E-state index is 15.4. The van der Waals surface area contributed by atoms with Gasteiger partial charge in [-0.05, 0) is 60.2 Å². The van der Waals surface area contributed by atoms with Crippen molar-refractivity contribution < 1.29 is 4.39 Å². The van der Waals surface area contributed by atoms with Gasteiger partial charge in [-0.25, -0.2) is 9.37 Å². The molecule has 4 heterocycles. The zero-order valence-electron chi connectivity index (χ0n) is 20.5. The third kappa shape index (κ3) is 4.33. The summed E-state index contributed by atoms with van der Waals surface area (Å²) in [5.74, 6) is -0.285. The van der Waals surface area contributed by atoms with E-state index in [1.807, 2.05) is 29.9 Å². The second-order valence-corrected chi connectivity index (χ2v) is 9.69. The summed E-state index contributed by atoms with van der Waals surface area (Å²) in [5, 5.41) is 5.41. The van der Waals surface area contributed by atoms with Crippen molar-refractivity contribution in [2.75, 3.05) is 18.0 Å². The maximum Gasteiger partial charge on any atom is 0.150 e. The Labute approximate surface area is 210 Å². The number of aromatic nitrogens is 3. The molecule has 1 aliphatic rings. The Kier molecular flexibility index (Phi) is 6.11. The molecule has 1 N–H and O–H groups in total. The number of hydrogen-bond donors (Lipinski definition) is 1. The van der Waals surface area contributed by atoms with Crippen LogP contribution in [0.2, 0.25) is 0 Å². The summed E-state index contributed by atoms with van der Waals surface area (Å²) in [5.41, 5.74) is 6.59. The first-order valence-corrected chi connectivity index (χ1v) is 12.7. The van der Waals surface area contributed by atoms with Gasteiger partial charge in [-0.15, -0.1) is 0 Å². The summed E-state index contributed by atoms with van der Waals surface area (Å²) in [6.07, 6.45) is 9.29. The van der Waals surface area contributed by atoms with E-state index < -0.39 is 0 Å². The van der Waals surface area contributed by atoms with Crippen LogP contribution in [0.25, 0.3) is 33.1 Å². The molecule has 0 radical (unpaired) electrons. The largest absolute Gasteiger partial charge is 0.371 e. The van der Waals surface area contributed by atoms with Crippen LogP contribution >= 0.6 is 0 Å². The standard InChI is InChI=1S/C30H30FN5/c1-35-20-26(24-14-22(19-34-30(24)35)18-32-17-21-8-4-2-5-9-21)23-15-25-28(36-12-6-3-7-13-36)10-11-33-29(25)27(31)16-23/h2,4-5,8-11,14-16,19-20,32H,3,6-7,12-13,17-18H2,1H3. The van der Waals surface area contributed by atoms with Gasteiger partial charge >= 0.3 is 0 Å². The Morgan fingerprint density at radius 2 is 1.69 bits per heavy atom. The van der Waals surface area contributed by atoms with E-state index in [4.69, 9.17) is 4.98 Å². The number of pyridine rings is 2. The minimum atomic E-state index is -0.285. The van der Waals surface area contributed by atoms with Crippen molar-refractivity contribution in [2.24, 2.45) is 7.05 Å². The van der Waals surface area contributed by atoms with Gasteiger partial charge in [-0.1, -0.05) is 30.3 Å². The molecular formula is C30H30FN5. The van der Waals surface area contributed by atoms with E-state index in [1.165, 1.54) is 24.8 Å². The lowest BCUT2D eigenvalue weighted by atomic mass is 10.0. The van der Waals surface area contributed by atoms with Crippen LogP contribution in [0.5, 0.6) is 0 Å². The van der Waals surface area contributed by atoms with E-state index >= 15 is 4.39 Å². The Bertz CT molecular complexity index is 1520. The van der Waals surface area contributed by atoms with E-state index in [0.29, 0.717) is 12.1 Å². The Balaban J connectivity index is 1.37. The van der Waals surface area contributed by atoms with Gasteiger partial charge < -0.3 is 14.8 Å².